The van der Waals surface area contributed by atoms with Crippen LogP contribution < -0.4 is 5.06 Å². The first-order valence-electron chi connectivity index (χ1n) is 8.07. The fourth-order valence-electron chi connectivity index (χ4n) is 4.81. The Balaban J connectivity index is 1.90. The molecule has 0 N–H and O–H groups in total. The Morgan fingerprint density at radius 3 is 2.65 bits per heavy atom. The average Bonchev–Trinajstić information content (AvgIpc) is 3.19. The highest BCUT2D eigenvalue weighted by Gasteiger charge is 2.77. The van der Waals surface area contributed by atoms with Gasteiger partial charge in [-0.2, -0.15) is 0 Å². The molecule has 2 aromatic rings. The van der Waals surface area contributed by atoms with Crippen LogP contribution in [0.25, 0.3) is 0 Å². The lowest BCUT2D eigenvalue weighted by atomic mass is 9.68. The van der Waals surface area contributed by atoms with Crippen molar-refractivity contribution >= 4 is 11.7 Å². The molecule has 0 aromatic heterocycles. The lowest BCUT2D eigenvalue weighted by Gasteiger charge is -2.40. The number of para-hydroxylation sites is 1. The summed E-state index contributed by atoms with van der Waals surface area (Å²) in [6.07, 6.45) is 0.709. The number of esters is 1. The van der Waals surface area contributed by atoms with Gasteiger partial charge in [0.05, 0.1) is 12.3 Å². The number of hydrogen-bond acceptors (Lipinski definition) is 4. The van der Waals surface area contributed by atoms with Crippen LogP contribution in [0, 0.1) is 5.92 Å². The molecule has 2 aromatic carbocycles. The van der Waals surface area contributed by atoms with E-state index in [-0.39, 0.29) is 11.9 Å². The first-order chi connectivity index (χ1) is 11.3. The van der Waals surface area contributed by atoms with Crippen molar-refractivity contribution in [2.45, 2.75) is 24.5 Å². The summed E-state index contributed by atoms with van der Waals surface area (Å²) in [6.45, 7) is 2.45. The van der Waals surface area contributed by atoms with Gasteiger partial charge in [0, 0.05) is 5.56 Å². The molecule has 3 atom stereocenters. The molecule has 0 saturated carbocycles. The number of anilines is 1. The molecule has 0 spiro atoms. The highest BCUT2D eigenvalue weighted by molar-refractivity contribution is 5.85. The van der Waals surface area contributed by atoms with Gasteiger partial charge in [-0.25, -0.2) is 5.06 Å². The zero-order chi connectivity index (χ0) is 15.7. The first kappa shape index (κ1) is 13.1. The van der Waals surface area contributed by atoms with Gasteiger partial charge in [0.15, 0.2) is 11.1 Å². The average molecular weight is 307 g/mol. The highest BCUT2D eigenvalue weighted by Crippen LogP contribution is 2.68. The van der Waals surface area contributed by atoms with Gasteiger partial charge in [0.25, 0.3) is 0 Å². The van der Waals surface area contributed by atoms with E-state index in [4.69, 9.17) is 9.57 Å². The van der Waals surface area contributed by atoms with Crippen molar-refractivity contribution in [3.8, 4) is 0 Å². The number of rotatable bonds is 2. The molecule has 0 amide bonds. The third-order valence-electron chi connectivity index (χ3n) is 5.64. The molecule has 3 aliphatic rings. The van der Waals surface area contributed by atoms with E-state index in [0.29, 0.717) is 13.0 Å². The predicted molar refractivity (Wildman–Crippen MR) is 84.5 cm³/mol. The normalized spacial score (nSPS) is 33.5. The zero-order valence-corrected chi connectivity index (χ0v) is 12.9. The second kappa shape index (κ2) is 4.15. The molecule has 0 bridgehead atoms. The Hall–Kier alpha value is -2.33. The van der Waals surface area contributed by atoms with E-state index in [2.05, 4.69) is 25.1 Å². The number of carbonyl (C=O) groups is 1. The Kier molecular flexibility index (Phi) is 2.37. The van der Waals surface area contributed by atoms with E-state index in [1.165, 1.54) is 0 Å². The lowest BCUT2D eigenvalue weighted by Crippen LogP contribution is -2.51. The van der Waals surface area contributed by atoms with E-state index in [9.17, 15) is 4.79 Å². The predicted octanol–water partition coefficient (Wildman–Crippen LogP) is 3.13. The number of fused-ring (bicyclic) bond motifs is 3. The van der Waals surface area contributed by atoms with Crippen molar-refractivity contribution < 1.29 is 14.4 Å². The molecule has 3 heterocycles. The van der Waals surface area contributed by atoms with Crippen LogP contribution in [-0.4, -0.2) is 12.6 Å². The summed E-state index contributed by atoms with van der Waals surface area (Å²) >= 11 is 0. The Morgan fingerprint density at radius 1 is 1.13 bits per heavy atom. The molecule has 4 nitrogen and oxygen atoms in total. The second-order valence-electron chi connectivity index (χ2n) is 6.39. The van der Waals surface area contributed by atoms with Crippen LogP contribution in [0.3, 0.4) is 0 Å². The third kappa shape index (κ3) is 1.23. The van der Waals surface area contributed by atoms with Crippen molar-refractivity contribution in [1.29, 1.82) is 0 Å². The van der Waals surface area contributed by atoms with E-state index in [0.717, 1.165) is 16.8 Å². The van der Waals surface area contributed by atoms with Gasteiger partial charge in [-0.05, 0) is 18.1 Å². The largest absolute Gasteiger partial charge is 0.451 e. The van der Waals surface area contributed by atoms with Crippen LogP contribution in [0.2, 0.25) is 0 Å². The van der Waals surface area contributed by atoms with Crippen molar-refractivity contribution in [1.82, 2.24) is 0 Å². The zero-order valence-electron chi connectivity index (χ0n) is 12.9. The minimum atomic E-state index is -0.691. The van der Waals surface area contributed by atoms with Crippen LogP contribution in [0.4, 0.5) is 5.69 Å². The SMILES string of the molecule is CC[C@]12OC(=O)[C@@H]3CON(c4ccccc41)[C@@]32c1ccccc1. The Labute approximate surface area is 134 Å². The Bertz CT molecular complexity index is 805. The van der Waals surface area contributed by atoms with E-state index < -0.39 is 11.1 Å². The molecule has 116 valence electrons. The summed E-state index contributed by atoms with van der Waals surface area (Å²) < 4.78 is 6.08. The van der Waals surface area contributed by atoms with Gasteiger partial charge in [0.1, 0.15) is 5.92 Å². The van der Waals surface area contributed by atoms with Gasteiger partial charge in [-0.3, -0.25) is 9.63 Å². The minimum absolute atomic E-state index is 0.160. The van der Waals surface area contributed by atoms with Crippen molar-refractivity contribution in [3.05, 3.63) is 65.7 Å². The molecule has 3 aliphatic heterocycles. The number of carbonyl (C=O) groups excluding carboxylic acids is 1. The standard InChI is InChI=1S/C19H17NO3/c1-2-18-14-10-6-7-11-16(14)20-19(18,13-8-4-3-5-9-13)15(12-22-20)17(21)23-18/h3-11,15H,2,12H2,1H3/t15-,18-,19-/m0/s1. The maximum atomic E-state index is 12.7. The van der Waals surface area contributed by atoms with E-state index >= 15 is 0 Å². The van der Waals surface area contributed by atoms with Crippen LogP contribution in [0.1, 0.15) is 24.5 Å². The van der Waals surface area contributed by atoms with Gasteiger partial charge < -0.3 is 4.74 Å². The molecule has 0 unspecified atom stereocenters. The van der Waals surface area contributed by atoms with E-state index in [1.807, 2.05) is 41.5 Å². The van der Waals surface area contributed by atoms with Crippen molar-refractivity contribution in [2.75, 3.05) is 11.7 Å². The van der Waals surface area contributed by atoms with Gasteiger partial charge in [-0.1, -0.05) is 55.5 Å². The van der Waals surface area contributed by atoms with Gasteiger partial charge in [0.2, 0.25) is 0 Å². The summed E-state index contributed by atoms with van der Waals surface area (Å²) in [7, 11) is 0. The van der Waals surface area contributed by atoms with Crippen LogP contribution in [0.5, 0.6) is 0 Å². The van der Waals surface area contributed by atoms with Gasteiger partial charge in [-0.15, -0.1) is 0 Å². The quantitative estimate of drug-likeness (QED) is 0.799. The first-order valence-corrected chi connectivity index (χ1v) is 8.07. The summed E-state index contributed by atoms with van der Waals surface area (Å²) in [6, 6.07) is 18.3. The van der Waals surface area contributed by atoms with Crippen LogP contribution in [0.15, 0.2) is 54.6 Å². The molecule has 0 aliphatic carbocycles. The molecule has 4 heteroatoms. The van der Waals surface area contributed by atoms with Crippen LogP contribution >= 0.6 is 0 Å². The molecule has 23 heavy (non-hydrogen) atoms. The third-order valence-corrected chi connectivity index (χ3v) is 5.64. The molecule has 2 fully saturated rings. The molecule has 5 rings (SSSR count). The fraction of sp³-hybridized carbons (Fsp3) is 0.316. The molecule has 2 saturated heterocycles. The number of benzene rings is 2. The summed E-state index contributed by atoms with van der Waals surface area (Å²) in [5.41, 5.74) is 1.83. The highest BCUT2D eigenvalue weighted by atomic mass is 16.7. The topological polar surface area (TPSA) is 38.8 Å². The number of hydroxylamine groups is 1. The summed E-state index contributed by atoms with van der Waals surface area (Å²) in [5, 5.41) is 1.94. The number of nitrogens with zero attached hydrogens (tertiary/aromatic N) is 1. The minimum Gasteiger partial charge on any atom is -0.451 e. The molecular formula is C19H17NO3. The lowest BCUT2D eigenvalue weighted by molar-refractivity contribution is -0.155. The number of ether oxygens (including phenoxy) is 1. The second-order valence-corrected chi connectivity index (χ2v) is 6.39. The van der Waals surface area contributed by atoms with Crippen molar-refractivity contribution in [3.63, 3.8) is 0 Å². The molecular weight excluding hydrogens is 290 g/mol. The summed E-state index contributed by atoms with van der Waals surface area (Å²) in [4.78, 5) is 18.7. The molecule has 0 radical (unpaired) electrons. The Morgan fingerprint density at radius 2 is 1.87 bits per heavy atom. The fourth-order valence-corrected chi connectivity index (χ4v) is 4.81. The monoisotopic (exact) mass is 307 g/mol. The van der Waals surface area contributed by atoms with Crippen molar-refractivity contribution in [2.24, 2.45) is 5.92 Å². The maximum absolute atomic E-state index is 12.7. The summed E-state index contributed by atoms with van der Waals surface area (Å²) in [5.74, 6) is -0.468. The van der Waals surface area contributed by atoms with E-state index in [1.54, 1.807) is 0 Å². The van der Waals surface area contributed by atoms with Crippen LogP contribution in [-0.2, 0) is 25.5 Å². The van der Waals surface area contributed by atoms with Gasteiger partial charge >= 0.3 is 5.97 Å². The number of hydrogen-bond donors (Lipinski definition) is 0. The smallest absolute Gasteiger partial charge is 0.315 e. The maximum Gasteiger partial charge on any atom is 0.315 e.